The lowest BCUT2D eigenvalue weighted by Gasteiger charge is -2.00. The van der Waals surface area contributed by atoms with Crippen LogP contribution < -0.4 is 0 Å². The number of aromatic nitrogens is 2. The molecule has 0 fully saturated rings. The van der Waals surface area contributed by atoms with Crippen LogP contribution in [0.5, 0.6) is 0 Å². The number of hydrogen-bond acceptors (Lipinski definition) is 1. The molecular weight excluding hydrogens is 270 g/mol. The van der Waals surface area contributed by atoms with E-state index in [1.165, 1.54) is 18.2 Å². The lowest BCUT2D eigenvalue weighted by atomic mass is 10.2. The molecule has 0 saturated heterocycles. The molecule has 3 rings (SSSR count). The van der Waals surface area contributed by atoms with Crippen molar-refractivity contribution in [3.63, 3.8) is 0 Å². The monoisotopic (exact) mass is 280 g/mol. The lowest BCUT2D eigenvalue weighted by molar-refractivity contribution is 0.577. The van der Waals surface area contributed by atoms with Gasteiger partial charge in [-0.3, -0.25) is 0 Å². The Labute approximate surface area is 120 Å². The predicted molar refractivity (Wildman–Crippen MR) is 75.9 cm³/mol. The third-order valence-corrected chi connectivity index (χ3v) is 2.91. The lowest BCUT2D eigenvalue weighted by Crippen LogP contribution is -1.93. The molecule has 0 spiro atoms. The number of nitrogens with zero attached hydrogens (tertiary/aromatic N) is 2. The Bertz CT molecular complexity index is 790. The summed E-state index contributed by atoms with van der Waals surface area (Å²) in [5, 5.41) is 0. The van der Waals surface area contributed by atoms with Gasteiger partial charge in [-0.25, -0.2) is 13.8 Å². The highest BCUT2D eigenvalue weighted by atomic mass is 19.1. The van der Waals surface area contributed by atoms with Crippen LogP contribution in [-0.4, -0.2) is 9.55 Å². The fourth-order valence-corrected chi connectivity index (χ4v) is 1.85. The Morgan fingerprint density at radius 2 is 1.57 bits per heavy atom. The second-order valence-electron chi connectivity index (χ2n) is 4.34. The maximum atomic E-state index is 13.4. The zero-order valence-electron chi connectivity index (χ0n) is 10.9. The zero-order chi connectivity index (χ0) is 14.7. The smallest absolute Gasteiger partial charge is 0.141 e. The summed E-state index contributed by atoms with van der Waals surface area (Å²) in [6, 6.07) is 11.0. The van der Waals surface area contributed by atoms with Crippen LogP contribution in [0.2, 0.25) is 0 Å². The quantitative estimate of drug-likeness (QED) is 0.623. The van der Waals surface area contributed by atoms with Gasteiger partial charge in [-0.05, 0) is 36.4 Å². The number of rotatable bonds is 1. The molecule has 2 nitrogen and oxygen atoms in total. The average molecular weight is 280 g/mol. The first-order chi connectivity index (χ1) is 10.2. The number of hydrogen-bond donors (Lipinski definition) is 0. The van der Waals surface area contributed by atoms with Crippen molar-refractivity contribution in [2.45, 2.75) is 0 Å². The van der Waals surface area contributed by atoms with Gasteiger partial charge >= 0.3 is 0 Å². The van der Waals surface area contributed by atoms with E-state index >= 15 is 0 Å². The summed E-state index contributed by atoms with van der Waals surface area (Å²) in [5.74, 6) is 4.64. The van der Waals surface area contributed by atoms with Crippen molar-refractivity contribution in [3.05, 3.63) is 83.8 Å². The fraction of sp³-hybridized carbons (Fsp3) is 0. The molecule has 0 unspecified atom stereocenters. The van der Waals surface area contributed by atoms with Gasteiger partial charge in [0.1, 0.15) is 17.5 Å². The molecule has 0 saturated carbocycles. The Morgan fingerprint density at radius 1 is 0.857 bits per heavy atom. The number of halogens is 2. The van der Waals surface area contributed by atoms with E-state index in [4.69, 9.17) is 0 Å². The van der Waals surface area contributed by atoms with Gasteiger partial charge < -0.3 is 4.57 Å². The highest BCUT2D eigenvalue weighted by Crippen LogP contribution is 2.11. The highest BCUT2D eigenvalue weighted by molar-refractivity contribution is 5.44. The van der Waals surface area contributed by atoms with Crippen LogP contribution >= 0.6 is 0 Å². The van der Waals surface area contributed by atoms with Gasteiger partial charge in [-0.1, -0.05) is 17.9 Å². The Morgan fingerprint density at radius 3 is 2.19 bits per heavy atom. The minimum atomic E-state index is -0.667. The Kier molecular flexibility index (Phi) is 3.48. The van der Waals surface area contributed by atoms with Crippen molar-refractivity contribution in [3.8, 4) is 17.7 Å². The minimum absolute atomic E-state index is 0.230. The van der Waals surface area contributed by atoms with Crippen LogP contribution in [-0.2, 0) is 0 Å². The maximum absolute atomic E-state index is 13.4. The normalized spacial score (nSPS) is 10.0. The van der Waals surface area contributed by atoms with Crippen LogP contribution in [0.25, 0.3) is 5.82 Å². The average Bonchev–Trinajstić information content (AvgIpc) is 3.02. The largest absolute Gasteiger partial charge is 0.309 e. The molecule has 3 aromatic rings. The molecule has 0 aliphatic carbocycles. The van der Waals surface area contributed by atoms with E-state index in [1.54, 1.807) is 18.3 Å². The zero-order valence-corrected chi connectivity index (χ0v) is 10.9. The van der Waals surface area contributed by atoms with E-state index in [0.29, 0.717) is 5.56 Å². The van der Waals surface area contributed by atoms with Gasteiger partial charge in [0, 0.05) is 24.2 Å². The molecule has 0 N–H and O–H groups in total. The van der Waals surface area contributed by atoms with E-state index in [0.717, 1.165) is 5.82 Å². The van der Waals surface area contributed by atoms with Gasteiger partial charge in [-0.15, -0.1) is 0 Å². The topological polar surface area (TPSA) is 17.8 Å². The first-order valence-corrected chi connectivity index (χ1v) is 6.29. The molecule has 0 amide bonds. The molecule has 0 aliphatic rings. The Hall–Kier alpha value is -2.93. The van der Waals surface area contributed by atoms with Crippen LogP contribution in [0, 0.1) is 23.5 Å². The molecule has 2 heterocycles. The summed E-state index contributed by atoms with van der Waals surface area (Å²) in [6.07, 6.45) is 5.33. The highest BCUT2D eigenvalue weighted by Gasteiger charge is 2.04. The van der Waals surface area contributed by atoms with Crippen molar-refractivity contribution >= 4 is 0 Å². The van der Waals surface area contributed by atoms with E-state index in [-0.39, 0.29) is 5.56 Å². The van der Waals surface area contributed by atoms with Crippen molar-refractivity contribution in [1.82, 2.24) is 9.55 Å². The van der Waals surface area contributed by atoms with Crippen molar-refractivity contribution in [2.75, 3.05) is 0 Å². The molecule has 4 heteroatoms. The fourth-order valence-electron chi connectivity index (χ4n) is 1.85. The number of benzene rings is 1. The van der Waals surface area contributed by atoms with Crippen molar-refractivity contribution in [1.29, 1.82) is 0 Å². The Balaban J connectivity index is 1.88. The van der Waals surface area contributed by atoms with Crippen LogP contribution in [0.3, 0.4) is 0 Å². The third-order valence-electron chi connectivity index (χ3n) is 2.91. The van der Waals surface area contributed by atoms with Gasteiger partial charge in [0.2, 0.25) is 0 Å². The summed E-state index contributed by atoms with van der Waals surface area (Å²) in [5.41, 5.74) is 0.362. The second kappa shape index (κ2) is 5.59. The molecule has 21 heavy (non-hydrogen) atoms. The van der Waals surface area contributed by atoms with Crippen LogP contribution in [0.4, 0.5) is 8.78 Å². The van der Waals surface area contributed by atoms with E-state index in [1.807, 2.05) is 29.1 Å². The van der Waals surface area contributed by atoms with E-state index in [2.05, 4.69) is 16.8 Å². The molecule has 0 aliphatic heterocycles. The molecule has 0 atom stereocenters. The molecule has 0 bridgehead atoms. The van der Waals surface area contributed by atoms with Crippen molar-refractivity contribution in [2.24, 2.45) is 0 Å². The van der Waals surface area contributed by atoms with Gasteiger partial charge in [0.25, 0.3) is 0 Å². The van der Waals surface area contributed by atoms with Crippen LogP contribution in [0.1, 0.15) is 11.1 Å². The molecule has 2 aromatic heterocycles. The standard InChI is InChI=1S/C17H10F2N2/c18-15-4-3-5-16(19)14(15)8-6-13-7-9-17(20-12-13)21-10-1-2-11-21/h1-5,7,9-12H. The summed E-state index contributed by atoms with van der Waals surface area (Å²) < 4.78 is 28.7. The molecule has 1 aromatic carbocycles. The summed E-state index contributed by atoms with van der Waals surface area (Å²) in [6.45, 7) is 0. The summed E-state index contributed by atoms with van der Waals surface area (Å²) >= 11 is 0. The summed E-state index contributed by atoms with van der Waals surface area (Å²) in [4.78, 5) is 4.25. The third kappa shape index (κ3) is 2.82. The SMILES string of the molecule is Fc1cccc(F)c1C#Cc1ccc(-n2cccc2)nc1. The van der Waals surface area contributed by atoms with E-state index < -0.39 is 11.6 Å². The minimum Gasteiger partial charge on any atom is -0.309 e. The first kappa shape index (κ1) is 13.1. The van der Waals surface area contributed by atoms with E-state index in [9.17, 15) is 8.78 Å². The summed E-state index contributed by atoms with van der Waals surface area (Å²) in [7, 11) is 0. The molecular formula is C17H10F2N2. The predicted octanol–water partition coefficient (Wildman–Crippen LogP) is 3.55. The van der Waals surface area contributed by atoms with Crippen molar-refractivity contribution < 1.29 is 8.78 Å². The first-order valence-electron chi connectivity index (χ1n) is 6.29. The second-order valence-corrected chi connectivity index (χ2v) is 4.34. The maximum Gasteiger partial charge on any atom is 0.141 e. The molecule has 0 radical (unpaired) electrons. The number of pyridine rings is 1. The van der Waals surface area contributed by atoms with Gasteiger partial charge in [-0.2, -0.15) is 0 Å². The van der Waals surface area contributed by atoms with Crippen LogP contribution in [0.15, 0.2) is 61.1 Å². The van der Waals surface area contributed by atoms with Gasteiger partial charge in [0.15, 0.2) is 0 Å². The molecule has 102 valence electrons. The van der Waals surface area contributed by atoms with Gasteiger partial charge in [0.05, 0.1) is 5.56 Å².